The number of halogens is 5. The van der Waals surface area contributed by atoms with Gasteiger partial charge in [0.1, 0.15) is 12.4 Å². The highest BCUT2D eigenvalue weighted by Crippen LogP contribution is 2.44. The summed E-state index contributed by atoms with van der Waals surface area (Å²) in [6.45, 7) is 0.892. The maximum Gasteiger partial charge on any atom is 0.490 e. The zero-order valence-electron chi connectivity index (χ0n) is 23.5. The van der Waals surface area contributed by atoms with Gasteiger partial charge >= 0.3 is 12.1 Å². The number of fused-ring (bicyclic) bond motifs is 1. The molecule has 0 unspecified atom stereocenters. The lowest BCUT2D eigenvalue weighted by atomic mass is 9.85. The fraction of sp³-hybridized carbons (Fsp3) is 0.344. The van der Waals surface area contributed by atoms with Gasteiger partial charge in [0, 0.05) is 41.0 Å². The number of carboxylic acid groups (broad SMARTS) is 1. The van der Waals surface area contributed by atoms with Gasteiger partial charge in [0.05, 0.1) is 11.0 Å². The van der Waals surface area contributed by atoms with Gasteiger partial charge in [-0.15, -0.1) is 0 Å². The zero-order valence-corrected chi connectivity index (χ0v) is 25.0. The van der Waals surface area contributed by atoms with Crippen molar-refractivity contribution in [2.75, 3.05) is 19.7 Å². The number of hydrogen-bond donors (Lipinski definition) is 2. The summed E-state index contributed by atoms with van der Waals surface area (Å²) in [6, 6.07) is 23.0. The molecule has 0 radical (unpaired) electrons. The van der Waals surface area contributed by atoms with Gasteiger partial charge in [0.2, 0.25) is 5.91 Å². The molecule has 1 aromatic heterocycles. The van der Waals surface area contributed by atoms with E-state index in [1.807, 2.05) is 24.3 Å². The van der Waals surface area contributed by atoms with Crippen LogP contribution in [0.1, 0.15) is 66.1 Å². The Balaban J connectivity index is 0.000000493. The van der Waals surface area contributed by atoms with Crippen LogP contribution in [0.3, 0.4) is 0 Å². The summed E-state index contributed by atoms with van der Waals surface area (Å²) in [7, 11) is 0. The highest BCUT2D eigenvalue weighted by atomic mass is 35.5. The molecule has 44 heavy (non-hydrogen) atoms. The van der Waals surface area contributed by atoms with Crippen molar-refractivity contribution < 1.29 is 33.0 Å². The summed E-state index contributed by atoms with van der Waals surface area (Å²) >= 11 is 12.4. The fourth-order valence-corrected chi connectivity index (χ4v) is 5.93. The maximum atomic E-state index is 12.0. The predicted octanol–water partition coefficient (Wildman–Crippen LogP) is 7.19. The van der Waals surface area contributed by atoms with Crippen molar-refractivity contribution in [1.82, 2.24) is 14.5 Å². The number of aliphatic carboxylic acids is 1. The average Bonchev–Trinajstić information content (AvgIpc) is 3.79. The molecule has 6 rings (SSSR count). The Morgan fingerprint density at radius 3 is 1.82 bits per heavy atom. The van der Waals surface area contributed by atoms with Crippen molar-refractivity contribution in [2.45, 2.75) is 49.7 Å². The standard InChI is InChI=1S/C30H29Cl2N3O2.C2HF3O2/c31-23-8-3-19(4-9-23)29(20-5-10-24(32)11-6-20)22-7-12-26-27(17-22)35(30(33-26)21-1-2-21)25-13-15-34(16-14-25)28(37)18-36;3-2(4,5)1(6)7/h3-12,17,21,25,29,36H,1-2,13-16,18H2;(H,6,7). The van der Waals surface area contributed by atoms with E-state index in [0.29, 0.717) is 29.1 Å². The summed E-state index contributed by atoms with van der Waals surface area (Å²) in [5.41, 5.74) is 5.68. The van der Waals surface area contributed by atoms with Gasteiger partial charge in [-0.2, -0.15) is 13.2 Å². The third-order valence-corrected chi connectivity index (χ3v) is 8.49. The van der Waals surface area contributed by atoms with Crippen LogP contribution in [0.15, 0.2) is 66.7 Å². The summed E-state index contributed by atoms with van der Waals surface area (Å²) in [6.07, 6.45) is -1.01. The van der Waals surface area contributed by atoms with E-state index in [1.54, 1.807) is 4.90 Å². The lowest BCUT2D eigenvalue weighted by Crippen LogP contribution is -2.40. The largest absolute Gasteiger partial charge is 0.490 e. The molecule has 0 bridgehead atoms. The number of hydrogen-bond acceptors (Lipinski definition) is 4. The van der Waals surface area contributed by atoms with Crippen molar-refractivity contribution in [3.8, 4) is 0 Å². The number of carbonyl (C=O) groups is 2. The first-order valence-electron chi connectivity index (χ1n) is 14.2. The summed E-state index contributed by atoms with van der Waals surface area (Å²) in [4.78, 5) is 27.8. The smallest absolute Gasteiger partial charge is 0.475 e. The van der Waals surface area contributed by atoms with E-state index in [0.717, 1.165) is 35.0 Å². The number of rotatable bonds is 6. The Morgan fingerprint density at radius 1 is 0.864 bits per heavy atom. The molecular weight excluding hydrogens is 618 g/mol. The molecule has 12 heteroatoms. The van der Waals surface area contributed by atoms with Crippen LogP contribution in [0.5, 0.6) is 0 Å². The van der Waals surface area contributed by atoms with Gasteiger partial charge in [0.25, 0.3) is 0 Å². The molecule has 2 aliphatic rings. The fourth-order valence-electron chi connectivity index (χ4n) is 5.68. The van der Waals surface area contributed by atoms with E-state index in [1.165, 1.54) is 24.2 Å². The topological polar surface area (TPSA) is 95.7 Å². The molecule has 1 saturated carbocycles. The number of aliphatic hydroxyl groups excluding tert-OH is 1. The van der Waals surface area contributed by atoms with Crippen molar-refractivity contribution in [2.24, 2.45) is 0 Å². The minimum Gasteiger partial charge on any atom is -0.475 e. The van der Waals surface area contributed by atoms with Crippen LogP contribution >= 0.6 is 23.2 Å². The van der Waals surface area contributed by atoms with E-state index in [2.05, 4.69) is 47.0 Å². The normalized spacial score (nSPS) is 15.8. The van der Waals surface area contributed by atoms with Crippen molar-refractivity contribution in [1.29, 1.82) is 0 Å². The quantitative estimate of drug-likeness (QED) is 0.216. The molecule has 1 aliphatic carbocycles. The lowest BCUT2D eigenvalue weighted by Gasteiger charge is -2.33. The number of imidazole rings is 1. The second kappa shape index (κ2) is 13.2. The zero-order chi connectivity index (χ0) is 31.6. The van der Waals surface area contributed by atoms with E-state index >= 15 is 0 Å². The lowest BCUT2D eigenvalue weighted by molar-refractivity contribution is -0.192. The highest BCUT2D eigenvalue weighted by molar-refractivity contribution is 6.30. The molecule has 232 valence electrons. The summed E-state index contributed by atoms with van der Waals surface area (Å²) < 4.78 is 34.2. The third kappa shape index (κ3) is 7.20. The third-order valence-electron chi connectivity index (χ3n) is 7.98. The molecule has 1 saturated heterocycles. The minimum absolute atomic E-state index is 0.0238. The number of benzene rings is 3. The Kier molecular flexibility index (Phi) is 9.53. The van der Waals surface area contributed by atoms with Crippen LogP contribution in [-0.4, -0.2) is 62.4 Å². The van der Waals surface area contributed by atoms with E-state index in [4.69, 9.17) is 38.1 Å². The first kappa shape index (κ1) is 31.8. The number of carbonyl (C=O) groups excluding carboxylic acids is 1. The molecule has 0 atom stereocenters. The van der Waals surface area contributed by atoms with Crippen LogP contribution in [0.25, 0.3) is 11.0 Å². The first-order chi connectivity index (χ1) is 21.0. The Hall–Kier alpha value is -3.60. The molecular formula is C32H30Cl2F3N3O4. The summed E-state index contributed by atoms with van der Waals surface area (Å²) in [5.74, 6) is -1.24. The molecule has 1 aliphatic heterocycles. The number of aromatic nitrogens is 2. The summed E-state index contributed by atoms with van der Waals surface area (Å²) in [5, 5.41) is 17.8. The highest BCUT2D eigenvalue weighted by Gasteiger charge is 2.38. The Morgan fingerprint density at radius 2 is 1.36 bits per heavy atom. The molecule has 2 fully saturated rings. The number of likely N-dealkylation sites (tertiary alicyclic amines) is 1. The van der Waals surface area contributed by atoms with Crippen LogP contribution in [-0.2, 0) is 9.59 Å². The number of piperidine rings is 1. The van der Waals surface area contributed by atoms with Gasteiger partial charge < -0.3 is 19.7 Å². The number of aliphatic hydroxyl groups is 1. The molecule has 2 N–H and O–H groups in total. The first-order valence-corrected chi connectivity index (χ1v) is 14.9. The molecule has 3 aromatic carbocycles. The molecule has 1 amide bonds. The van der Waals surface area contributed by atoms with E-state index in [9.17, 15) is 23.1 Å². The van der Waals surface area contributed by atoms with Crippen LogP contribution in [0.2, 0.25) is 10.0 Å². The Labute approximate surface area is 261 Å². The number of amides is 1. The Bertz CT molecular complexity index is 1580. The van der Waals surface area contributed by atoms with Gasteiger partial charge in [-0.25, -0.2) is 9.78 Å². The van der Waals surface area contributed by atoms with Gasteiger partial charge in [-0.05, 0) is 78.8 Å². The number of carboxylic acids is 1. The van der Waals surface area contributed by atoms with Gasteiger partial charge in [0.15, 0.2) is 0 Å². The second-order valence-electron chi connectivity index (χ2n) is 11.0. The number of alkyl halides is 3. The molecule has 4 aromatic rings. The van der Waals surface area contributed by atoms with E-state index < -0.39 is 18.8 Å². The molecule has 7 nitrogen and oxygen atoms in total. The average molecular weight is 649 g/mol. The monoisotopic (exact) mass is 647 g/mol. The molecule has 2 heterocycles. The van der Waals surface area contributed by atoms with Gasteiger partial charge in [-0.3, -0.25) is 4.79 Å². The van der Waals surface area contributed by atoms with Crippen molar-refractivity contribution in [3.63, 3.8) is 0 Å². The van der Waals surface area contributed by atoms with Gasteiger partial charge in [-0.1, -0.05) is 53.5 Å². The van der Waals surface area contributed by atoms with E-state index in [-0.39, 0.29) is 17.9 Å². The van der Waals surface area contributed by atoms with Crippen LogP contribution < -0.4 is 0 Å². The van der Waals surface area contributed by atoms with Crippen LogP contribution in [0.4, 0.5) is 13.2 Å². The second-order valence-corrected chi connectivity index (χ2v) is 11.8. The minimum atomic E-state index is -5.08. The SMILES string of the molecule is O=C(CO)N1CCC(n2c(C3CC3)nc3ccc(C(c4ccc(Cl)cc4)c4ccc(Cl)cc4)cc32)CC1.O=C(O)C(F)(F)F. The predicted molar refractivity (Wildman–Crippen MR) is 161 cm³/mol. The maximum absolute atomic E-state index is 12.0. The van der Waals surface area contributed by atoms with Crippen molar-refractivity contribution >= 4 is 46.1 Å². The van der Waals surface area contributed by atoms with Crippen molar-refractivity contribution in [3.05, 3.63) is 99.3 Å². The number of nitrogens with zero attached hydrogens (tertiary/aromatic N) is 3. The molecule has 0 spiro atoms. The van der Waals surface area contributed by atoms with Crippen LogP contribution in [0, 0.1) is 0 Å².